The van der Waals surface area contributed by atoms with Gasteiger partial charge < -0.3 is 9.64 Å². The first kappa shape index (κ1) is 11.8. The third kappa shape index (κ3) is 2.38. The van der Waals surface area contributed by atoms with Crippen LogP contribution in [0.15, 0.2) is 12.4 Å². The van der Waals surface area contributed by atoms with Gasteiger partial charge >= 0.3 is 5.97 Å². The molecule has 1 aliphatic heterocycles. The van der Waals surface area contributed by atoms with Crippen LogP contribution in [0.3, 0.4) is 0 Å². The van der Waals surface area contributed by atoms with E-state index in [1.54, 1.807) is 6.20 Å². The van der Waals surface area contributed by atoms with Gasteiger partial charge in [0.15, 0.2) is 5.69 Å². The molecule has 2 rings (SSSR count). The van der Waals surface area contributed by atoms with Crippen molar-refractivity contribution in [1.29, 1.82) is 0 Å². The number of ether oxygens (including phenoxy) is 1. The maximum Gasteiger partial charge on any atom is 0.358 e. The molecule has 0 spiro atoms. The van der Waals surface area contributed by atoms with Gasteiger partial charge in [-0.3, -0.25) is 0 Å². The summed E-state index contributed by atoms with van der Waals surface area (Å²) >= 11 is 0. The van der Waals surface area contributed by atoms with Crippen LogP contribution in [-0.2, 0) is 4.74 Å². The first-order valence-corrected chi connectivity index (χ1v) is 5.78. The van der Waals surface area contributed by atoms with Crippen LogP contribution in [-0.4, -0.2) is 35.6 Å². The van der Waals surface area contributed by atoms with Crippen LogP contribution in [0.1, 0.15) is 30.8 Å². The molecule has 92 valence electrons. The molecule has 2 atom stereocenters. The summed E-state index contributed by atoms with van der Waals surface area (Å²) < 4.78 is 4.58. The SMILES string of the molecule is COC(=O)c1cnc(N2CC(C)CC2C)cn1. The Hall–Kier alpha value is -1.65. The van der Waals surface area contributed by atoms with Gasteiger partial charge in [0.2, 0.25) is 0 Å². The number of hydrogen-bond acceptors (Lipinski definition) is 5. The fourth-order valence-corrected chi connectivity index (χ4v) is 2.30. The molecule has 0 amide bonds. The largest absolute Gasteiger partial charge is 0.464 e. The minimum absolute atomic E-state index is 0.246. The molecule has 5 heteroatoms. The lowest BCUT2D eigenvalue weighted by Gasteiger charge is -2.21. The van der Waals surface area contributed by atoms with E-state index < -0.39 is 5.97 Å². The minimum atomic E-state index is -0.452. The number of carbonyl (C=O) groups excluding carboxylic acids is 1. The molecule has 5 nitrogen and oxygen atoms in total. The van der Waals surface area contributed by atoms with Gasteiger partial charge in [-0.2, -0.15) is 0 Å². The quantitative estimate of drug-likeness (QED) is 0.727. The third-order valence-corrected chi connectivity index (χ3v) is 3.11. The Bertz CT molecular complexity index is 405. The summed E-state index contributed by atoms with van der Waals surface area (Å²) in [5.74, 6) is 1.05. The van der Waals surface area contributed by atoms with Crippen molar-refractivity contribution in [3.05, 3.63) is 18.1 Å². The van der Waals surface area contributed by atoms with E-state index in [2.05, 4.69) is 33.5 Å². The summed E-state index contributed by atoms with van der Waals surface area (Å²) in [6.07, 6.45) is 4.28. The smallest absolute Gasteiger partial charge is 0.358 e. The van der Waals surface area contributed by atoms with Crippen molar-refractivity contribution in [2.45, 2.75) is 26.3 Å². The molecule has 2 heterocycles. The lowest BCUT2D eigenvalue weighted by Crippen LogP contribution is -2.27. The number of esters is 1. The van der Waals surface area contributed by atoms with Crippen molar-refractivity contribution in [3.63, 3.8) is 0 Å². The average molecular weight is 235 g/mol. The maximum atomic E-state index is 11.2. The van der Waals surface area contributed by atoms with Crippen molar-refractivity contribution in [2.24, 2.45) is 5.92 Å². The minimum Gasteiger partial charge on any atom is -0.464 e. The molecular formula is C12H17N3O2. The normalized spacial score (nSPS) is 23.8. The molecule has 0 radical (unpaired) electrons. The molecule has 0 saturated carbocycles. The maximum absolute atomic E-state index is 11.2. The van der Waals surface area contributed by atoms with Gasteiger partial charge in [0.05, 0.1) is 19.5 Å². The van der Waals surface area contributed by atoms with Gasteiger partial charge in [0.25, 0.3) is 0 Å². The van der Waals surface area contributed by atoms with Gasteiger partial charge in [0.1, 0.15) is 5.82 Å². The van der Waals surface area contributed by atoms with E-state index >= 15 is 0 Å². The fraction of sp³-hybridized carbons (Fsp3) is 0.583. The summed E-state index contributed by atoms with van der Waals surface area (Å²) in [5, 5.41) is 0. The molecule has 0 N–H and O–H groups in total. The van der Waals surface area contributed by atoms with Crippen LogP contribution in [0.5, 0.6) is 0 Å². The van der Waals surface area contributed by atoms with Crippen molar-refractivity contribution < 1.29 is 9.53 Å². The molecule has 1 aromatic heterocycles. The topological polar surface area (TPSA) is 55.3 Å². The van der Waals surface area contributed by atoms with E-state index in [0.717, 1.165) is 12.4 Å². The summed E-state index contributed by atoms with van der Waals surface area (Å²) in [4.78, 5) is 21.8. The third-order valence-electron chi connectivity index (χ3n) is 3.11. The van der Waals surface area contributed by atoms with Gasteiger partial charge in [-0.15, -0.1) is 0 Å². The Balaban J connectivity index is 2.15. The van der Waals surface area contributed by atoms with Crippen LogP contribution in [0, 0.1) is 5.92 Å². The first-order chi connectivity index (χ1) is 8.11. The monoisotopic (exact) mass is 235 g/mol. The van der Waals surface area contributed by atoms with E-state index in [9.17, 15) is 4.79 Å². The lowest BCUT2D eigenvalue weighted by atomic mass is 10.1. The first-order valence-electron chi connectivity index (χ1n) is 5.78. The molecule has 1 aromatic rings. The van der Waals surface area contributed by atoms with Crippen molar-refractivity contribution >= 4 is 11.8 Å². The number of aromatic nitrogens is 2. The van der Waals surface area contributed by atoms with Gasteiger partial charge in [0, 0.05) is 12.6 Å². The van der Waals surface area contributed by atoms with Crippen LogP contribution in [0.4, 0.5) is 5.82 Å². The molecule has 1 saturated heterocycles. The number of methoxy groups -OCH3 is 1. The van der Waals surface area contributed by atoms with Crippen LogP contribution in [0.25, 0.3) is 0 Å². The number of carbonyl (C=O) groups is 1. The van der Waals surface area contributed by atoms with Crippen LogP contribution >= 0.6 is 0 Å². The van der Waals surface area contributed by atoms with Gasteiger partial charge in [-0.1, -0.05) is 6.92 Å². The molecule has 0 aromatic carbocycles. The average Bonchev–Trinajstić information content (AvgIpc) is 2.68. The van der Waals surface area contributed by atoms with Crippen molar-refractivity contribution in [3.8, 4) is 0 Å². The summed E-state index contributed by atoms with van der Waals surface area (Å²) in [7, 11) is 1.34. The number of rotatable bonds is 2. The zero-order valence-electron chi connectivity index (χ0n) is 10.4. The number of anilines is 1. The molecule has 0 aliphatic carbocycles. The summed E-state index contributed by atoms with van der Waals surface area (Å²) in [5.41, 5.74) is 0.246. The fourth-order valence-electron chi connectivity index (χ4n) is 2.30. The summed E-state index contributed by atoms with van der Waals surface area (Å²) in [6.45, 7) is 5.40. The van der Waals surface area contributed by atoms with E-state index in [0.29, 0.717) is 12.0 Å². The second-order valence-corrected chi connectivity index (χ2v) is 4.59. The van der Waals surface area contributed by atoms with E-state index in [4.69, 9.17) is 0 Å². The second-order valence-electron chi connectivity index (χ2n) is 4.59. The van der Waals surface area contributed by atoms with Crippen LogP contribution in [0.2, 0.25) is 0 Å². The Morgan fingerprint density at radius 3 is 2.65 bits per heavy atom. The second kappa shape index (κ2) is 4.69. The van der Waals surface area contributed by atoms with Gasteiger partial charge in [-0.05, 0) is 19.3 Å². The zero-order valence-corrected chi connectivity index (χ0v) is 10.4. The highest BCUT2D eigenvalue weighted by Crippen LogP contribution is 2.26. The van der Waals surface area contributed by atoms with Gasteiger partial charge in [-0.25, -0.2) is 14.8 Å². The van der Waals surface area contributed by atoms with Crippen molar-refractivity contribution in [2.75, 3.05) is 18.6 Å². The standard InChI is InChI=1S/C12H17N3O2/c1-8-4-9(2)15(7-8)11-6-13-10(5-14-11)12(16)17-3/h5-6,8-9H,4,7H2,1-3H3. The highest BCUT2D eigenvalue weighted by Gasteiger charge is 2.27. The number of hydrogen-bond donors (Lipinski definition) is 0. The molecule has 2 unspecified atom stereocenters. The van der Waals surface area contributed by atoms with Crippen LogP contribution < -0.4 is 4.90 Å². The Morgan fingerprint density at radius 1 is 1.41 bits per heavy atom. The highest BCUT2D eigenvalue weighted by molar-refractivity contribution is 5.86. The predicted molar refractivity (Wildman–Crippen MR) is 64.0 cm³/mol. The number of nitrogens with zero attached hydrogens (tertiary/aromatic N) is 3. The highest BCUT2D eigenvalue weighted by atomic mass is 16.5. The van der Waals surface area contributed by atoms with E-state index in [-0.39, 0.29) is 5.69 Å². The predicted octanol–water partition coefficient (Wildman–Crippen LogP) is 1.50. The molecule has 1 aliphatic rings. The zero-order chi connectivity index (χ0) is 12.4. The molecule has 17 heavy (non-hydrogen) atoms. The Morgan fingerprint density at radius 2 is 2.18 bits per heavy atom. The Labute approximate surface area is 101 Å². The molecule has 0 bridgehead atoms. The Kier molecular flexibility index (Phi) is 3.26. The molecular weight excluding hydrogens is 218 g/mol. The van der Waals surface area contributed by atoms with E-state index in [1.165, 1.54) is 19.7 Å². The van der Waals surface area contributed by atoms with E-state index in [1.807, 2.05) is 0 Å². The van der Waals surface area contributed by atoms with Crippen molar-refractivity contribution in [1.82, 2.24) is 9.97 Å². The molecule has 1 fully saturated rings. The lowest BCUT2D eigenvalue weighted by molar-refractivity contribution is 0.0593. The summed E-state index contributed by atoms with van der Waals surface area (Å²) in [6, 6.07) is 0.475.